The Morgan fingerprint density at radius 2 is 2.00 bits per heavy atom. The molecule has 15 heavy (non-hydrogen) atoms. The van der Waals surface area contributed by atoms with E-state index in [9.17, 15) is 0 Å². The van der Waals surface area contributed by atoms with Gasteiger partial charge in [-0.3, -0.25) is 0 Å². The zero-order valence-corrected chi connectivity index (χ0v) is 11.5. The van der Waals surface area contributed by atoms with Gasteiger partial charge in [-0.1, -0.05) is 20.8 Å². The number of aromatic nitrogens is 1. The Kier molecular flexibility index (Phi) is 3.40. The molecule has 0 saturated heterocycles. The summed E-state index contributed by atoms with van der Waals surface area (Å²) in [5.74, 6) is 0.667. The van der Waals surface area contributed by atoms with Gasteiger partial charge in [-0.25, -0.2) is 4.98 Å². The van der Waals surface area contributed by atoms with E-state index in [1.54, 1.807) is 12.5 Å². The van der Waals surface area contributed by atoms with Gasteiger partial charge in [0, 0.05) is 0 Å². The maximum absolute atomic E-state index is 6.13. The first-order chi connectivity index (χ1) is 6.74. The molecule has 0 fully saturated rings. The van der Waals surface area contributed by atoms with Crippen molar-refractivity contribution in [1.82, 2.24) is 4.98 Å². The van der Waals surface area contributed by atoms with Crippen LogP contribution >= 0.6 is 0 Å². The second-order valence-corrected chi connectivity index (χ2v) is 10.1. The largest absolute Gasteiger partial charge is 0.446 e. The lowest BCUT2D eigenvalue weighted by atomic mass is 10.2. The molecule has 1 heterocycles. The molecular formula is C11H21NO2Si. The number of hydrogen-bond donors (Lipinski definition) is 0. The van der Waals surface area contributed by atoms with Crippen LogP contribution < -0.4 is 0 Å². The van der Waals surface area contributed by atoms with Gasteiger partial charge in [0.05, 0.1) is 6.20 Å². The van der Waals surface area contributed by atoms with Crippen molar-refractivity contribution in [3.8, 4) is 0 Å². The molecule has 1 atom stereocenters. The lowest BCUT2D eigenvalue weighted by molar-refractivity contribution is 0.169. The van der Waals surface area contributed by atoms with Gasteiger partial charge in [0.15, 0.2) is 8.32 Å². The average molecular weight is 227 g/mol. The van der Waals surface area contributed by atoms with Gasteiger partial charge >= 0.3 is 0 Å². The monoisotopic (exact) mass is 227 g/mol. The molecular weight excluding hydrogens is 206 g/mol. The highest BCUT2D eigenvalue weighted by atomic mass is 28.4. The predicted molar refractivity (Wildman–Crippen MR) is 63.2 cm³/mol. The molecule has 1 aromatic rings. The number of hydrogen-bond acceptors (Lipinski definition) is 3. The summed E-state index contributed by atoms with van der Waals surface area (Å²) < 4.78 is 11.4. The first-order valence-electron chi connectivity index (χ1n) is 5.31. The molecule has 0 aliphatic rings. The predicted octanol–water partition coefficient (Wildman–Crippen LogP) is 3.76. The van der Waals surface area contributed by atoms with Crippen LogP contribution in [-0.2, 0) is 4.43 Å². The van der Waals surface area contributed by atoms with Crippen LogP contribution in [0.2, 0.25) is 18.1 Å². The quantitative estimate of drug-likeness (QED) is 0.738. The Labute approximate surface area is 93.0 Å². The fraction of sp³-hybridized carbons (Fsp3) is 0.727. The molecule has 1 rings (SSSR count). The second kappa shape index (κ2) is 4.10. The van der Waals surface area contributed by atoms with Gasteiger partial charge in [0.1, 0.15) is 12.4 Å². The maximum atomic E-state index is 6.13. The lowest BCUT2D eigenvalue weighted by Crippen LogP contribution is -2.41. The van der Waals surface area contributed by atoms with E-state index in [0.29, 0.717) is 5.89 Å². The minimum atomic E-state index is -1.72. The fourth-order valence-corrected chi connectivity index (χ4v) is 2.44. The maximum Gasteiger partial charge on any atom is 0.221 e. The number of rotatable bonds is 3. The highest BCUT2D eigenvalue weighted by Crippen LogP contribution is 2.39. The lowest BCUT2D eigenvalue weighted by Gasteiger charge is -2.37. The molecule has 0 aliphatic carbocycles. The van der Waals surface area contributed by atoms with E-state index >= 15 is 0 Å². The Balaban J connectivity index is 2.70. The minimum Gasteiger partial charge on any atom is -0.446 e. The topological polar surface area (TPSA) is 35.3 Å². The third-order valence-electron chi connectivity index (χ3n) is 3.08. The molecule has 0 radical (unpaired) electrons. The van der Waals surface area contributed by atoms with Crippen molar-refractivity contribution in [3.05, 3.63) is 18.4 Å². The zero-order valence-electron chi connectivity index (χ0n) is 10.5. The summed E-state index contributed by atoms with van der Waals surface area (Å²) >= 11 is 0. The van der Waals surface area contributed by atoms with E-state index in [-0.39, 0.29) is 11.1 Å². The summed E-state index contributed by atoms with van der Waals surface area (Å²) in [7, 11) is -1.72. The highest BCUT2D eigenvalue weighted by Gasteiger charge is 2.39. The number of nitrogens with zero attached hydrogens (tertiary/aromatic N) is 1. The summed E-state index contributed by atoms with van der Waals surface area (Å²) in [5, 5.41) is 0.216. The van der Waals surface area contributed by atoms with Crippen molar-refractivity contribution < 1.29 is 8.84 Å². The fourth-order valence-electron chi connectivity index (χ4n) is 1.10. The van der Waals surface area contributed by atoms with E-state index in [2.05, 4.69) is 38.8 Å². The Morgan fingerprint density at radius 1 is 1.40 bits per heavy atom. The van der Waals surface area contributed by atoms with Crippen LogP contribution in [0.5, 0.6) is 0 Å². The van der Waals surface area contributed by atoms with Crippen molar-refractivity contribution in [2.75, 3.05) is 0 Å². The molecule has 3 nitrogen and oxygen atoms in total. The minimum absolute atomic E-state index is 0.0547. The van der Waals surface area contributed by atoms with Crippen LogP contribution in [0.4, 0.5) is 0 Å². The zero-order chi connectivity index (χ0) is 11.7. The smallest absolute Gasteiger partial charge is 0.221 e. The molecule has 0 aliphatic heterocycles. The molecule has 0 spiro atoms. The van der Waals surface area contributed by atoms with Crippen LogP contribution in [0, 0.1) is 0 Å². The van der Waals surface area contributed by atoms with E-state index in [0.717, 1.165) is 0 Å². The molecule has 0 aromatic carbocycles. The third kappa shape index (κ3) is 2.92. The van der Waals surface area contributed by atoms with Crippen LogP contribution in [0.15, 0.2) is 16.9 Å². The summed E-state index contributed by atoms with van der Waals surface area (Å²) in [6, 6.07) is 0. The van der Waals surface area contributed by atoms with Gasteiger partial charge in [0.25, 0.3) is 0 Å². The molecule has 86 valence electrons. The normalized spacial score (nSPS) is 15.3. The van der Waals surface area contributed by atoms with Crippen molar-refractivity contribution in [3.63, 3.8) is 0 Å². The van der Waals surface area contributed by atoms with Crippen molar-refractivity contribution in [2.24, 2.45) is 0 Å². The van der Waals surface area contributed by atoms with Crippen molar-refractivity contribution in [2.45, 2.75) is 51.9 Å². The van der Waals surface area contributed by atoms with Gasteiger partial charge in [-0.2, -0.15) is 0 Å². The highest BCUT2D eigenvalue weighted by molar-refractivity contribution is 6.74. The van der Waals surface area contributed by atoms with E-state index in [4.69, 9.17) is 8.84 Å². The van der Waals surface area contributed by atoms with Gasteiger partial charge in [0.2, 0.25) is 5.89 Å². The summed E-state index contributed by atoms with van der Waals surface area (Å²) in [6.45, 7) is 13.1. The summed E-state index contributed by atoms with van der Waals surface area (Å²) in [6.07, 6.45) is 3.18. The Bertz CT molecular complexity index is 301. The molecule has 0 amide bonds. The first kappa shape index (κ1) is 12.5. The molecule has 1 unspecified atom stereocenters. The van der Waals surface area contributed by atoms with Crippen LogP contribution in [0.1, 0.15) is 39.7 Å². The number of oxazole rings is 1. The first-order valence-corrected chi connectivity index (χ1v) is 8.22. The van der Waals surface area contributed by atoms with Gasteiger partial charge < -0.3 is 8.84 Å². The average Bonchev–Trinajstić information content (AvgIpc) is 2.51. The van der Waals surface area contributed by atoms with Crippen molar-refractivity contribution >= 4 is 8.32 Å². The van der Waals surface area contributed by atoms with Crippen LogP contribution in [-0.4, -0.2) is 13.3 Å². The van der Waals surface area contributed by atoms with Crippen LogP contribution in [0.3, 0.4) is 0 Å². The molecule has 0 saturated carbocycles. The van der Waals surface area contributed by atoms with E-state index < -0.39 is 8.32 Å². The summed E-state index contributed by atoms with van der Waals surface area (Å²) in [4.78, 5) is 4.11. The standard InChI is InChI=1S/C11H21NO2Si/c1-9(10-12-7-8-13-10)14-15(5,6)11(2,3)4/h7-9H,1-6H3. The SMILES string of the molecule is CC(O[Si](C)(C)C(C)(C)C)c1ncco1. The van der Waals surface area contributed by atoms with Crippen molar-refractivity contribution in [1.29, 1.82) is 0 Å². The Hall–Kier alpha value is -0.613. The Morgan fingerprint density at radius 3 is 2.40 bits per heavy atom. The molecule has 1 aromatic heterocycles. The van der Waals surface area contributed by atoms with E-state index in [1.807, 2.05) is 6.92 Å². The molecule has 0 N–H and O–H groups in total. The van der Waals surface area contributed by atoms with Gasteiger partial charge in [-0.15, -0.1) is 0 Å². The second-order valence-electron chi connectivity index (χ2n) is 5.39. The summed E-state index contributed by atoms with van der Waals surface area (Å²) in [5.41, 5.74) is 0. The third-order valence-corrected chi connectivity index (χ3v) is 7.63. The van der Waals surface area contributed by atoms with Gasteiger partial charge in [-0.05, 0) is 25.1 Å². The molecule has 4 heteroatoms. The van der Waals surface area contributed by atoms with Crippen LogP contribution in [0.25, 0.3) is 0 Å². The molecule has 0 bridgehead atoms. The van der Waals surface area contributed by atoms with E-state index in [1.165, 1.54) is 0 Å².